The van der Waals surface area contributed by atoms with Gasteiger partial charge in [0.15, 0.2) is 0 Å². The van der Waals surface area contributed by atoms with Gasteiger partial charge in [-0.2, -0.15) is 0 Å². The van der Waals surface area contributed by atoms with Gasteiger partial charge in [0, 0.05) is 23.0 Å². The Morgan fingerprint density at radius 2 is 1.96 bits per heavy atom. The molecule has 2 aromatic rings. The Kier molecular flexibility index (Phi) is 6.10. The summed E-state index contributed by atoms with van der Waals surface area (Å²) in [6, 6.07) is 9.95. The van der Waals surface area contributed by atoms with Crippen molar-refractivity contribution in [3.8, 4) is 0 Å². The molecule has 3 rings (SSSR count). The largest absolute Gasteiger partial charge is 0.370 e. The van der Waals surface area contributed by atoms with E-state index in [0.29, 0.717) is 10.0 Å². The summed E-state index contributed by atoms with van der Waals surface area (Å²) < 4.78 is 14.3. The highest BCUT2D eigenvalue weighted by Gasteiger charge is 2.19. The zero-order valence-electron chi connectivity index (χ0n) is 13.4. The number of rotatable bonds is 5. The molecule has 0 atom stereocenters. The first kappa shape index (κ1) is 18.4. The zero-order valence-corrected chi connectivity index (χ0v) is 15.7. The summed E-state index contributed by atoms with van der Waals surface area (Å²) in [6.45, 7) is 1.75. The molecule has 1 aliphatic rings. The van der Waals surface area contributed by atoms with E-state index in [-0.39, 0.29) is 17.3 Å². The van der Waals surface area contributed by atoms with E-state index in [9.17, 15) is 9.18 Å². The van der Waals surface area contributed by atoms with Crippen molar-refractivity contribution in [2.75, 3.05) is 29.1 Å². The van der Waals surface area contributed by atoms with Crippen LogP contribution in [0.1, 0.15) is 12.8 Å². The number of nitrogens with one attached hydrogen (secondary N) is 1. The minimum atomic E-state index is -0.427. The summed E-state index contributed by atoms with van der Waals surface area (Å²) in [5.74, 6) is -0.594. The number of nitrogens with zero attached hydrogens (tertiary/aromatic N) is 1. The van der Waals surface area contributed by atoms with Gasteiger partial charge in [-0.05, 0) is 43.2 Å². The topological polar surface area (TPSA) is 32.3 Å². The van der Waals surface area contributed by atoms with E-state index in [2.05, 4.69) is 10.2 Å². The average molecular weight is 399 g/mol. The molecule has 1 aliphatic heterocycles. The van der Waals surface area contributed by atoms with Crippen LogP contribution < -0.4 is 10.2 Å². The SMILES string of the molecule is O=C(CSc1cc(Cl)ccc1Cl)Nc1c(F)cccc1N1CCCC1. The number of halogens is 3. The van der Waals surface area contributed by atoms with Crippen LogP contribution in [0.4, 0.5) is 15.8 Å². The third-order valence-electron chi connectivity index (χ3n) is 3.95. The van der Waals surface area contributed by atoms with Crippen molar-refractivity contribution in [3.63, 3.8) is 0 Å². The quantitative estimate of drug-likeness (QED) is 0.678. The fourth-order valence-corrected chi connectivity index (χ4v) is 4.06. The minimum Gasteiger partial charge on any atom is -0.370 e. The van der Waals surface area contributed by atoms with Gasteiger partial charge in [0.25, 0.3) is 0 Å². The summed E-state index contributed by atoms with van der Waals surface area (Å²) >= 11 is 13.3. The van der Waals surface area contributed by atoms with Crippen molar-refractivity contribution in [3.05, 3.63) is 52.3 Å². The molecule has 1 N–H and O–H groups in total. The lowest BCUT2D eigenvalue weighted by Gasteiger charge is -2.22. The standard InChI is InChI=1S/C18H17Cl2FN2OS/c19-12-6-7-13(20)16(10-12)25-11-17(24)22-18-14(21)4-3-5-15(18)23-8-1-2-9-23/h3-7,10H,1-2,8-9,11H2,(H,22,24). The second kappa shape index (κ2) is 8.30. The Bertz CT molecular complexity index is 782. The molecule has 2 aromatic carbocycles. The highest BCUT2D eigenvalue weighted by Crippen LogP contribution is 2.33. The first-order chi connectivity index (χ1) is 12.0. The van der Waals surface area contributed by atoms with Crippen LogP contribution >= 0.6 is 35.0 Å². The molecule has 0 spiro atoms. The van der Waals surface area contributed by atoms with Crippen LogP contribution in [0.3, 0.4) is 0 Å². The van der Waals surface area contributed by atoms with Gasteiger partial charge in [-0.3, -0.25) is 4.79 Å². The number of carbonyl (C=O) groups excluding carboxylic acids is 1. The summed E-state index contributed by atoms with van der Waals surface area (Å²) in [6.07, 6.45) is 2.15. The van der Waals surface area contributed by atoms with Crippen molar-refractivity contribution >= 4 is 52.2 Å². The molecule has 0 aliphatic carbocycles. The van der Waals surface area contributed by atoms with Crippen LogP contribution in [-0.2, 0) is 4.79 Å². The van der Waals surface area contributed by atoms with Gasteiger partial charge in [0.2, 0.25) is 5.91 Å². The predicted molar refractivity (Wildman–Crippen MR) is 104 cm³/mol. The number of thioether (sulfide) groups is 1. The molecule has 132 valence electrons. The smallest absolute Gasteiger partial charge is 0.234 e. The van der Waals surface area contributed by atoms with E-state index in [1.54, 1.807) is 24.3 Å². The first-order valence-electron chi connectivity index (χ1n) is 7.96. The number of hydrogen-bond donors (Lipinski definition) is 1. The minimum absolute atomic E-state index is 0.119. The summed E-state index contributed by atoms with van der Waals surface area (Å²) in [5.41, 5.74) is 0.976. The molecule has 0 bridgehead atoms. The molecule has 3 nitrogen and oxygen atoms in total. The third-order valence-corrected chi connectivity index (χ3v) is 5.69. The van der Waals surface area contributed by atoms with Gasteiger partial charge in [0.1, 0.15) is 11.5 Å². The predicted octanol–water partition coefficient (Wildman–Crippen LogP) is 5.46. The zero-order chi connectivity index (χ0) is 17.8. The van der Waals surface area contributed by atoms with Gasteiger partial charge in [-0.1, -0.05) is 29.3 Å². The van der Waals surface area contributed by atoms with Crippen LogP contribution in [0, 0.1) is 5.82 Å². The van der Waals surface area contributed by atoms with E-state index in [0.717, 1.165) is 36.5 Å². The fraction of sp³-hybridized carbons (Fsp3) is 0.278. The average Bonchev–Trinajstić information content (AvgIpc) is 3.12. The molecule has 7 heteroatoms. The second-order valence-corrected chi connectivity index (χ2v) is 7.60. The number of para-hydroxylation sites is 1. The molecule has 1 saturated heterocycles. The van der Waals surface area contributed by atoms with E-state index >= 15 is 0 Å². The van der Waals surface area contributed by atoms with Gasteiger partial charge in [-0.15, -0.1) is 11.8 Å². The molecule has 0 saturated carbocycles. The Morgan fingerprint density at radius 3 is 2.72 bits per heavy atom. The maximum absolute atomic E-state index is 14.3. The van der Waals surface area contributed by atoms with Crippen molar-refractivity contribution in [1.29, 1.82) is 0 Å². The number of benzene rings is 2. The van der Waals surface area contributed by atoms with Crippen LogP contribution in [0.5, 0.6) is 0 Å². The Labute approximate surface area is 160 Å². The summed E-state index contributed by atoms with van der Waals surface area (Å²) in [7, 11) is 0. The van der Waals surface area contributed by atoms with Crippen molar-refractivity contribution in [2.24, 2.45) is 0 Å². The highest BCUT2D eigenvalue weighted by atomic mass is 35.5. The maximum atomic E-state index is 14.3. The van der Waals surface area contributed by atoms with Gasteiger partial charge in [0.05, 0.1) is 16.5 Å². The second-order valence-electron chi connectivity index (χ2n) is 5.74. The van der Waals surface area contributed by atoms with Gasteiger partial charge in [-0.25, -0.2) is 4.39 Å². The first-order valence-corrected chi connectivity index (χ1v) is 9.70. The lowest BCUT2D eigenvalue weighted by Crippen LogP contribution is -2.22. The molecule has 1 fully saturated rings. The Morgan fingerprint density at radius 1 is 1.20 bits per heavy atom. The third kappa shape index (κ3) is 4.60. The van der Waals surface area contributed by atoms with Crippen molar-refractivity contribution < 1.29 is 9.18 Å². The van der Waals surface area contributed by atoms with Crippen LogP contribution in [-0.4, -0.2) is 24.7 Å². The number of anilines is 2. The molecular formula is C18H17Cl2FN2OS. The van der Waals surface area contributed by atoms with Gasteiger partial charge >= 0.3 is 0 Å². The number of amides is 1. The van der Waals surface area contributed by atoms with Crippen LogP contribution in [0.25, 0.3) is 0 Å². The maximum Gasteiger partial charge on any atom is 0.234 e. The van der Waals surface area contributed by atoms with Crippen LogP contribution in [0.15, 0.2) is 41.3 Å². The van der Waals surface area contributed by atoms with E-state index in [1.807, 2.05) is 6.07 Å². The van der Waals surface area contributed by atoms with Crippen molar-refractivity contribution in [1.82, 2.24) is 0 Å². The van der Waals surface area contributed by atoms with E-state index in [4.69, 9.17) is 23.2 Å². The van der Waals surface area contributed by atoms with Gasteiger partial charge < -0.3 is 10.2 Å². The molecule has 1 heterocycles. The summed E-state index contributed by atoms with van der Waals surface area (Å²) in [4.78, 5) is 15.1. The lowest BCUT2D eigenvalue weighted by molar-refractivity contribution is -0.113. The molecule has 0 aromatic heterocycles. The van der Waals surface area contributed by atoms with Crippen LogP contribution in [0.2, 0.25) is 10.0 Å². The number of carbonyl (C=O) groups is 1. The van der Waals surface area contributed by atoms with E-state index in [1.165, 1.54) is 17.8 Å². The van der Waals surface area contributed by atoms with Crippen molar-refractivity contribution in [2.45, 2.75) is 17.7 Å². The van der Waals surface area contributed by atoms with E-state index < -0.39 is 5.82 Å². The highest BCUT2D eigenvalue weighted by molar-refractivity contribution is 8.00. The Balaban J connectivity index is 1.69. The molecule has 1 amide bonds. The fourth-order valence-electron chi connectivity index (χ4n) is 2.76. The summed E-state index contributed by atoms with van der Waals surface area (Å²) in [5, 5.41) is 3.79. The molecular weight excluding hydrogens is 382 g/mol. The number of hydrogen-bond acceptors (Lipinski definition) is 3. The Hall–Kier alpha value is -1.43. The normalized spacial score (nSPS) is 14.0. The molecule has 0 radical (unpaired) electrons. The molecule has 25 heavy (non-hydrogen) atoms. The lowest BCUT2D eigenvalue weighted by atomic mass is 10.2. The molecule has 0 unspecified atom stereocenters. The monoisotopic (exact) mass is 398 g/mol.